The van der Waals surface area contributed by atoms with Crippen LogP contribution in [0.3, 0.4) is 0 Å². The number of methoxy groups -OCH3 is 1. The number of benzene rings is 1. The molecule has 1 heterocycles. The molecule has 5 heteroatoms. The minimum Gasteiger partial charge on any atom is -0.383 e. The fourth-order valence-corrected chi connectivity index (χ4v) is 2.17. The molecule has 0 saturated heterocycles. The van der Waals surface area contributed by atoms with Crippen molar-refractivity contribution < 1.29 is 9.53 Å². The van der Waals surface area contributed by atoms with Crippen LogP contribution in [0.1, 0.15) is 10.5 Å². The number of likely N-dealkylation sites (N-methyl/N-ethyl adjacent to an activating group) is 1. The van der Waals surface area contributed by atoms with Crippen molar-refractivity contribution in [2.24, 2.45) is 5.73 Å². The third kappa shape index (κ3) is 3.12. The largest absolute Gasteiger partial charge is 0.383 e. The van der Waals surface area contributed by atoms with E-state index in [1.54, 1.807) is 25.3 Å². The number of nitrogens with two attached hydrogens (primary N) is 1. The highest BCUT2D eigenvalue weighted by Gasteiger charge is 2.18. The molecule has 1 amide bonds. The normalized spacial score (nSPS) is 12.3. The van der Waals surface area contributed by atoms with E-state index < -0.39 is 0 Å². The highest BCUT2D eigenvalue weighted by Crippen LogP contribution is 2.17. The summed E-state index contributed by atoms with van der Waals surface area (Å²) in [5.74, 6) is -0.131. The van der Waals surface area contributed by atoms with Crippen molar-refractivity contribution in [3.8, 4) is 0 Å². The van der Waals surface area contributed by atoms with Gasteiger partial charge in [0.1, 0.15) is 5.69 Å². The smallest absolute Gasteiger partial charge is 0.272 e. The first kappa shape index (κ1) is 14.4. The van der Waals surface area contributed by atoms with Crippen LogP contribution < -0.4 is 5.73 Å². The molecule has 0 saturated carbocycles. The molecule has 1 unspecified atom stereocenters. The molecule has 1 aromatic carbocycles. The Bertz CT molecular complexity index is 595. The SMILES string of the molecule is COCC(N)CN(C)C(=O)c1nccc2ccccc12. The fourth-order valence-electron chi connectivity index (χ4n) is 2.17. The van der Waals surface area contributed by atoms with Gasteiger partial charge in [-0.1, -0.05) is 24.3 Å². The van der Waals surface area contributed by atoms with E-state index in [0.29, 0.717) is 18.8 Å². The topological polar surface area (TPSA) is 68.5 Å². The van der Waals surface area contributed by atoms with Crippen LogP contribution in [-0.2, 0) is 4.74 Å². The molecule has 20 heavy (non-hydrogen) atoms. The van der Waals surface area contributed by atoms with Gasteiger partial charge in [-0.25, -0.2) is 0 Å². The van der Waals surface area contributed by atoms with Gasteiger partial charge in [0.05, 0.1) is 6.61 Å². The van der Waals surface area contributed by atoms with Crippen molar-refractivity contribution in [1.82, 2.24) is 9.88 Å². The Labute approximate surface area is 118 Å². The van der Waals surface area contributed by atoms with Gasteiger partial charge in [0, 0.05) is 38.3 Å². The second kappa shape index (κ2) is 6.45. The highest BCUT2D eigenvalue weighted by atomic mass is 16.5. The van der Waals surface area contributed by atoms with Gasteiger partial charge in [0.25, 0.3) is 5.91 Å². The summed E-state index contributed by atoms with van der Waals surface area (Å²) >= 11 is 0. The Hall–Kier alpha value is -1.98. The predicted molar refractivity (Wildman–Crippen MR) is 78.6 cm³/mol. The van der Waals surface area contributed by atoms with Gasteiger partial charge in [-0.3, -0.25) is 9.78 Å². The minimum atomic E-state index is -0.205. The number of pyridine rings is 1. The lowest BCUT2D eigenvalue weighted by atomic mass is 10.1. The quantitative estimate of drug-likeness (QED) is 0.891. The highest BCUT2D eigenvalue weighted by molar-refractivity contribution is 6.05. The summed E-state index contributed by atoms with van der Waals surface area (Å²) in [5, 5.41) is 1.85. The summed E-state index contributed by atoms with van der Waals surface area (Å²) in [6, 6.07) is 9.39. The van der Waals surface area contributed by atoms with Gasteiger partial charge in [-0.15, -0.1) is 0 Å². The fraction of sp³-hybridized carbons (Fsp3) is 0.333. The summed E-state index contributed by atoms with van der Waals surface area (Å²) in [6.07, 6.45) is 1.65. The molecule has 2 aromatic rings. The summed E-state index contributed by atoms with van der Waals surface area (Å²) in [6.45, 7) is 0.845. The molecule has 1 aromatic heterocycles. The summed E-state index contributed by atoms with van der Waals surface area (Å²) < 4.78 is 4.98. The number of nitrogens with zero attached hydrogens (tertiary/aromatic N) is 2. The first-order valence-electron chi connectivity index (χ1n) is 6.47. The number of aromatic nitrogens is 1. The zero-order valence-corrected chi connectivity index (χ0v) is 11.7. The number of hydrogen-bond acceptors (Lipinski definition) is 4. The van der Waals surface area contributed by atoms with Gasteiger partial charge < -0.3 is 15.4 Å². The zero-order chi connectivity index (χ0) is 14.5. The van der Waals surface area contributed by atoms with E-state index in [1.165, 1.54) is 0 Å². The minimum absolute atomic E-state index is 0.131. The maximum Gasteiger partial charge on any atom is 0.272 e. The molecule has 0 radical (unpaired) electrons. The van der Waals surface area contributed by atoms with Crippen LogP contribution in [0.25, 0.3) is 10.8 Å². The second-order valence-corrected chi connectivity index (χ2v) is 4.78. The monoisotopic (exact) mass is 273 g/mol. The molecule has 0 aliphatic rings. The lowest BCUT2D eigenvalue weighted by Crippen LogP contribution is -2.41. The van der Waals surface area contributed by atoms with Crippen LogP contribution in [0.2, 0.25) is 0 Å². The van der Waals surface area contributed by atoms with Crippen LogP contribution in [0.15, 0.2) is 36.5 Å². The van der Waals surface area contributed by atoms with Crippen LogP contribution in [0.4, 0.5) is 0 Å². The average molecular weight is 273 g/mol. The van der Waals surface area contributed by atoms with Gasteiger partial charge in [0.15, 0.2) is 0 Å². The van der Waals surface area contributed by atoms with E-state index >= 15 is 0 Å². The standard InChI is InChI=1S/C15H19N3O2/c1-18(9-12(16)10-20-2)15(19)14-13-6-4-3-5-11(13)7-8-17-14/h3-8,12H,9-10,16H2,1-2H3. The number of rotatable bonds is 5. The van der Waals surface area contributed by atoms with E-state index in [1.807, 2.05) is 30.3 Å². The molecule has 0 spiro atoms. The first-order chi connectivity index (χ1) is 9.63. The molecule has 0 fully saturated rings. The lowest BCUT2D eigenvalue weighted by molar-refractivity contribution is 0.0761. The Kier molecular flexibility index (Phi) is 4.65. The van der Waals surface area contributed by atoms with Gasteiger partial charge in [-0.2, -0.15) is 0 Å². The molecule has 0 bridgehead atoms. The zero-order valence-electron chi connectivity index (χ0n) is 11.7. The summed E-state index contributed by atoms with van der Waals surface area (Å²) in [4.78, 5) is 18.3. The molecule has 0 aliphatic heterocycles. The maximum absolute atomic E-state index is 12.5. The number of amides is 1. The molecular formula is C15H19N3O2. The third-order valence-corrected chi connectivity index (χ3v) is 3.11. The molecule has 106 valence electrons. The molecule has 1 atom stereocenters. The van der Waals surface area contributed by atoms with Crippen molar-refractivity contribution in [1.29, 1.82) is 0 Å². The maximum atomic E-state index is 12.5. The number of carbonyl (C=O) groups is 1. The Balaban J connectivity index is 2.23. The molecule has 2 rings (SSSR count). The first-order valence-corrected chi connectivity index (χ1v) is 6.47. The third-order valence-electron chi connectivity index (χ3n) is 3.11. The number of carbonyl (C=O) groups excluding carboxylic acids is 1. The summed E-state index contributed by atoms with van der Waals surface area (Å²) in [5.41, 5.74) is 6.33. The number of ether oxygens (including phenoxy) is 1. The van der Waals surface area contributed by atoms with Crippen molar-refractivity contribution in [2.45, 2.75) is 6.04 Å². The molecule has 5 nitrogen and oxygen atoms in total. The van der Waals surface area contributed by atoms with E-state index in [-0.39, 0.29) is 11.9 Å². The van der Waals surface area contributed by atoms with Crippen molar-refractivity contribution in [3.05, 3.63) is 42.2 Å². The second-order valence-electron chi connectivity index (χ2n) is 4.78. The Morgan fingerprint density at radius 1 is 1.40 bits per heavy atom. The van der Waals surface area contributed by atoms with E-state index in [4.69, 9.17) is 10.5 Å². The Morgan fingerprint density at radius 3 is 2.90 bits per heavy atom. The summed E-state index contributed by atoms with van der Waals surface area (Å²) in [7, 11) is 3.31. The average Bonchev–Trinajstić information content (AvgIpc) is 2.46. The van der Waals surface area contributed by atoms with Crippen LogP contribution >= 0.6 is 0 Å². The van der Waals surface area contributed by atoms with Crippen LogP contribution in [0.5, 0.6) is 0 Å². The lowest BCUT2D eigenvalue weighted by Gasteiger charge is -2.21. The number of hydrogen-bond donors (Lipinski definition) is 1. The van der Waals surface area contributed by atoms with E-state index in [0.717, 1.165) is 10.8 Å². The molecular weight excluding hydrogens is 254 g/mol. The molecule has 2 N–H and O–H groups in total. The van der Waals surface area contributed by atoms with Gasteiger partial charge in [0.2, 0.25) is 0 Å². The predicted octanol–water partition coefficient (Wildman–Crippen LogP) is 1.28. The van der Waals surface area contributed by atoms with Gasteiger partial charge >= 0.3 is 0 Å². The van der Waals surface area contributed by atoms with Crippen molar-refractivity contribution in [3.63, 3.8) is 0 Å². The van der Waals surface area contributed by atoms with Crippen LogP contribution in [-0.4, -0.2) is 49.1 Å². The van der Waals surface area contributed by atoms with Gasteiger partial charge in [-0.05, 0) is 11.5 Å². The van der Waals surface area contributed by atoms with Crippen LogP contribution in [0, 0.1) is 0 Å². The van der Waals surface area contributed by atoms with E-state index in [9.17, 15) is 4.79 Å². The van der Waals surface area contributed by atoms with Crippen molar-refractivity contribution in [2.75, 3.05) is 27.3 Å². The van der Waals surface area contributed by atoms with Crippen molar-refractivity contribution >= 4 is 16.7 Å². The number of fused-ring (bicyclic) bond motifs is 1. The van der Waals surface area contributed by atoms with E-state index in [2.05, 4.69) is 4.98 Å². The molecule has 0 aliphatic carbocycles. The Morgan fingerprint density at radius 2 is 2.15 bits per heavy atom.